The van der Waals surface area contributed by atoms with E-state index >= 15 is 0 Å². The highest BCUT2D eigenvalue weighted by molar-refractivity contribution is 6.36. The minimum atomic E-state index is -0.0468. The quantitative estimate of drug-likeness (QED) is 0.577. The predicted molar refractivity (Wildman–Crippen MR) is 112 cm³/mol. The van der Waals surface area contributed by atoms with Gasteiger partial charge in [-0.2, -0.15) is 4.98 Å². The maximum Gasteiger partial charge on any atom is 0.259 e. The van der Waals surface area contributed by atoms with Crippen LogP contribution in [-0.4, -0.2) is 52.0 Å². The summed E-state index contributed by atoms with van der Waals surface area (Å²) in [6.07, 6.45) is 0. The molecule has 0 atom stereocenters. The molecule has 2 heterocycles. The lowest BCUT2D eigenvalue weighted by molar-refractivity contribution is 0.0624. The Bertz CT molecular complexity index is 1030. The summed E-state index contributed by atoms with van der Waals surface area (Å²) in [7, 11) is 0. The number of carbonyl (C=O) groups is 1. The number of hydrogen-bond acceptors (Lipinski definition) is 5. The van der Waals surface area contributed by atoms with Crippen LogP contribution in [0, 0.1) is 0 Å². The SMILES string of the molecule is O=C(c1ccccc1Cl)N1CCN(Cc2noc(-c3ccc(Cl)cc3Cl)n2)CC1. The van der Waals surface area contributed by atoms with E-state index in [0.29, 0.717) is 70.6 Å². The highest BCUT2D eigenvalue weighted by Crippen LogP contribution is 2.29. The Kier molecular flexibility index (Phi) is 6.06. The van der Waals surface area contributed by atoms with Gasteiger partial charge in [-0.05, 0) is 30.3 Å². The number of hydrogen-bond donors (Lipinski definition) is 0. The molecule has 1 aliphatic heterocycles. The molecule has 1 aliphatic rings. The maximum absolute atomic E-state index is 12.7. The first-order chi connectivity index (χ1) is 14.0. The summed E-state index contributed by atoms with van der Waals surface area (Å²) in [6.45, 7) is 3.17. The first kappa shape index (κ1) is 20.2. The van der Waals surface area contributed by atoms with E-state index < -0.39 is 0 Å². The Balaban J connectivity index is 1.36. The van der Waals surface area contributed by atoms with Crippen LogP contribution in [0.5, 0.6) is 0 Å². The van der Waals surface area contributed by atoms with Crippen molar-refractivity contribution in [2.45, 2.75) is 6.54 Å². The van der Waals surface area contributed by atoms with Crippen molar-refractivity contribution < 1.29 is 9.32 Å². The van der Waals surface area contributed by atoms with Crippen LogP contribution in [0.4, 0.5) is 0 Å². The van der Waals surface area contributed by atoms with E-state index in [1.807, 2.05) is 17.0 Å². The number of aromatic nitrogens is 2. The third-order valence-corrected chi connectivity index (χ3v) is 5.64. The molecule has 0 aliphatic carbocycles. The van der Waals surface area contributed by atoms with E-state index in [2.05, 4.69) is 15.0 Å². The molecule has 0 unspecified atom stereocenters. The minimum Gasteiger partial charge on any atom is -0.336 e. The summed E-state index contributed by atoms with van der Waals surface area (Å²) in [6, 6.07) is 12.2. The number of amides is 1. The lowest BCUT2D eigenvalue weighted by atomic mass is 10.2. The van der Waals surface area contributed by atoms with Crippen molar-refractivity contribution in [3.05, 3.63) is 68.9 Å². The van der Waals surface area contributed by atoms with Crippen molar-refractivity contribution in [1.82, 2.24) is 19.9 Å². The van der Waals surface area contributed by atoms with Gasteiger partial charge in [-0.3, -0.25) is 9.69 Å². The summed E-state index contributed by atoms with van der Waals surface area (Å²) in [5.74, 6) is 0.876. The normalized spacial score (nSPS) is 14.9. The van der Waals surface area contributed by atoms with Crippen molar-refractivity contribution in [3.8, 4) is 11.5 Å². The first-order valence-corrected chi connectivity index (χ1v) is 10.2. The fourth-order valence-electron chi connectivity index (χ4n) is 3.20. The van der Waals surface area contributed by atoms with Gasteiger partial charge in [0.25, 0.3) is 11.8 Å². The largest absolute Gasteiger partial charge is 0.336 e. The molecule has 0 radical (unpaired) electrons. The highest BCUT2D eigenvalue weighted by Gasteiger charge is 2.24. The maximum atomic E-state index is 12.7. The van der Waals surface area contributed by atoms with Gasteiger partial charge in [-0.15, -0.1) is 0 Å². The standard InChI is InChI=1S/C20H17Cl3N4O2/c21-13-5-6-14(17(23)11-13)19-24-18(25-29-19)12-26-7-9-27(10-8-26)20(28)15-3-1-2-4-16(15)22/h1-6,11H,7-10,12H2. The summed E-state index contributed by atoms with van der Waals surface area (Å²) in [5.41, 5.74) is 1.18. The number of rotatable bonds is 4. The predicted octanol–water partition coefficient (Wildman–Crippen LogP) is 4.65. The van der Waals surface area contributed by atoms with Gasteiger partial charge >= 0.3 is 0 Å². The van der Waals surface area contributed by atoms with Gasteiger partial charge in [0.1, 0.15) is 0 Å². The average molecular weight is 452 g/mol. The van der Waals surface area contributed by atoms with Crippen LogP contribution in [0.15, 0.2) is 47.0 Å². The molecule has 6 nitrogen and oxygen atoms in total. The van der Waals surface area contributed by atoms with Gasteiger partial charge in [0.2, 0.25) is 0 Å². The molecule has 1 amide bonds. The Morgan fingerprint density at radius 2 is 1.76 bits per heavy atom. The van der Waals surface area contributed by atoms with E-state index in [1.54, 1.807) is 30.3 Å². The summed E-state index contributed by atoms with van der Waals surface area (Å²) >= 11 is 18.3. The van der Waals surface area contributed by atoms with Crippen LogP contribution in [0.3, 0.4) is 0 Å². The molecule has 29 heavy (non-hydrogen) atoms. The average Bonchev–Trinajstić information content (AvgIpc) is 3.16. The number of carbonyl (C=O) groups excluding carboxylic acids is 1. The molecule has 4 rings (SSSR count). The van der Waals surface area contributed by atoms with E-state index in [1.165, 1.54) is 0 Å². The smallest absolute Gasteiger partial charge is 0.259 e. The zero-order valence-corrected chi connectivity index (χ0v) is 17.6. The van der Waals surface area contributed by atoms with Gasteiger partial charge in [0.15, 0.2) is 5.82 Å². The van der Waals surface area contributed by atoms with E-state index in [9.17, 15) is 4.79 Å². The fraction of sp³-hybridized carbons (Fsp3) is 0.250. The Labute approximate surface area is 183 Å². The van der Waals surface area contributed by atoms with Gasteiger partial charge in [0, 0.05) is 31.2 Å². The van der Waals surface area contributed by atoms with Crippen LogP contribution in [0.1, 0.15) is 16.2 Å². The van der Waals surface area contributed by atoms with E-state index in [4.69, 9.17) is 39.3 Å². The minimum absolute atomic E-state index is 0.0468. The molecule has 0 N–H and O–H groups in total. The zero-order chi connectivity index (χ0) is 20.4. The Hall–Kier alpha value is -2.12. The van der Waals surface area contributed by atoms with E-state index in [0.717, 1.165) is 0 Å². The first-order valence-electron chi connectivity index (χ1n) is 9.05. The van der Waals surface area contributed by atoms with Gasteiger partial charge < -0.3 is 9.42 Å². The highest BCUT2D eigenvalue weighted by atomic mass is 35.5. The molecular formula is C20H17Cl3N4O2. The second-order valence-corrected chi connectivity index (χ2v) is 7.94. The van der Waals surface area contributed by atoms with Crippen molar-refractivity contribution in [3.63, 3.8) is 0 Å². The topological polar surface area (TPSA) is 62.5 Å². The summed E-state index contributed by atoms with van der Waals surface area (Å²) in [4.78, 5) is 21.1. The molecule has 0 saturated carbocycles. The van der Waals surface area contributed by atoms with Crippen molar-refractivity contribution >= 4 is 40.7 Å². The van der Waals surface area contributed by atoms with Gasteiger partial charge in [0.05, 0.1) is 27.7 Å². The molecule has 2 aromatic carbocycles. The molecule has 150 valence electrons. The molecule has 1 fully saturated rings. The number of nitrogens with zero attached hydrogens (tertiary/aromatic N) is 4. The van der Waals surface area contributed by atoms with Gasteiger partial charge in [-0.1, -0.05) is 52.1 Å². The number of benzene rings is 2. The van der Waals surface area contributed by atoms with E-state index in [-0.39, 0.29) is 5.91 Å². The van der Waals surface area contributed by atoms with Crippen molar-refractivity contribution in [2.75, 3.05) is 26.2 Å². The number of halogens is 3. The Morgan fingerprint density at radius 3 is 2.48 bits per heavy atom. The lowest BCUT2D eigenvalue weighted by Gasteiger charge is -2.34. The summed E-state index contributed by atoms with van der Waals surface area (Å²) in [5, 5.41) is 5.52. The van der Waals surface area contributed by atoms with Crippen LogP contribution in [-0.2, 0) is 6.54 Å². The molecular weight excluding hydrogens is 435 g/mol. The van der Waals surface area contributed by atoms with Crippen LogP contribution < -0.4 is 0 Å². The second kappa shape index (κ2) is 8.71. The molecule has 9 heteroatoms. The molecule has 1 saturated heterocycles. The number of piperazine rings is 1. The third kappa shape index (κ3) is 4.56. The van der Waals surface area contributed by atoms with Crippen LogP contribution in [0.25, 0.3) is 11.5 Å². The van der Waals surface area contributed by atoms with Crippen molar-refractivity contribution in [1.29, 1.82) is 0 Å². The molecule has 0 spiro atoms. The van der Waals surface area contributed by atoms with Crippen LogP contribution in [0.2, 0.25) is 15.1 Å². The molecule has 3 aromatic rings. The summed E-state index contributed by atoms with van der Waals surface area (Å²) < 4.78 is 5.35. The van der Waals surface area contributed by atoms with Gasteiger partial charge in [-0.25, -0.2) is 0 Å². The second-order valence-electron chi connectivity index (χ2n) is 6.69. The van der Waals surface area contributed by atoms with Crippen LogP contribution >= 0.6 is 34.8 Å². The Morgan fingerprint density at radius 1 is 1.00 bits per heavy atom. The lowest BCUT2D eigenvalue weighted by Crippen LogP contribution is -2.48. The van der Waals surface area contributed by atoms with Crippen molar-refractivity contribution in [2.24, 2.45) is 0 Å². The molecule has 0 bridgehead atoms. The fourth-order valence-corrected chi connectivity index (χ4v) is 3.91. The monoisotopic (exact) mass is 450 g/mol. The third-order valence-electron chi connectivity index (χ3n) is 4.76. The molecule has 1 aromatic heterocycles. The zero-order valence-electron chi connectivity index (χ0n) is 15.3.